The number of rotatable bonds is 4. The predicted molar refractivity (Wildman–Crippen MR) is 137 cm³/mol. The molecule has 0 bridgehead atoms. The van der Waals surface area contributed by atoms with Crippen LogP contribution in [0.15, 0.2) is 47.7 Å². The SMILES string of the molecule is CC1(C)CCC(C)(C)c2cc(C(=O)CN3c4nc(-c5ccncn5)cc(=O)n4CC3(C)C)ccc21. The van der Waals surface area contributed by atoms with Crippen molar-refractivity contribution in [3.05, 3.63) is 69.9 Å². The second-order valence-corrected chi connectivity index (χ2v) is 11.8. The van der Waals surface area contributed by atoms with E-state index in [9.17, 15) is 9.59 Å². The highest BCUT2D eigenvalue weighted by atomic mass is 16.1. The van der Waals surface area contributed by atoms with Crippen molar-refractivity contribution in [1.29, 1.82) is 0 Å². The molecule has 0 saturated carbocycles. The summed E-state index contributed by atoms with van der Waals surface area (Å²) in [7, 11) is 0. The van der Waals surface area contributed by atoms with Gasteiger partial charge >= 0.3 is 0 Å². The van der Waals surface area contributed by atoms with E-state index < -0.39 is 5.54 Å². The Morgan fingerprint density at radius 2 is 1.66 bits per heavy atom. The van der Waals surface area contributed by atoms with Gasteiger partial charge in [-0.1, -0.05) is 39.8 Å². The Bertz CT molecular complexity index is 1370. The maximum Gasteiger partial charge on any atom is 0.255 e. The van der Waals surface area contributed by atoms with Crippen molar-refractivity contribution in [3.8, 4) is 11.4 Å². The van der Waals surface area contributed by atoms with Gasteiger partial charge in [-0.05, 0) is 60.8 Å². The van der Waals surface area contributed by atoms with Crippen LogP contribution < -0.4 is 10.5 Å². The van der Waals surface area contributed by atoms with Crippen molar-refractivity contribution in [2.24, 2.45) is 0 Å². The van der Waals surface area contributed by atoms with E-state index in [0.717, 1.165) is 12.8 Å². The zero-order chi connectivity index (χ0) is 25.2. The van der Waals surface area contributed by atoms with Crippen molar-refractivity contribution in [2.45, 2.75) is 77.3 Å². The molecule has 0 saturated heterocycles. The van der Waals surface area contributed by atoms with Crippen LogP contribution in [0.5, 0.6) is 0 Å². The van der Waals surface area contributed by atoms with E-state index in [2.05, 4.69) is 49.8 Å². The average Bonchev–Trinajstić information content (AvgIpc) is 3.07. The Morgan fingerprint density at radius 3 is 2.34 bits per heavy atom. The van der Waals surface area contributed by atoms with E-state index in [4.69, 9.17) is 4.98 Å². The zero-order valence-electron chi connectivity index (χ0n) is 21.4. The number of carbonyl (C=O) groups excluding carboxylic acids is 1. The first kappa shape index (κ1) is 23.4. The molecule has 5 rings (SSSR count). The minimum Gasteiger partial charge on any atom is -0.328 e. The molecule has 0 radical (unpaired) electrons. The van der Waals surface area contributed by atoms with E-state index in [-0.39, 0.29) is 28.7 Å². The van der Waals surface area contributed by atoms with Crippen LogP contribution in [0.4, 0.5) is 5.95 Å². The standard InChI is InChI=1S/C28H33N5O2/c1-26(2)10-11-27(3,4)20-13-18(7-8-19(20)26)23(34)15-33-25-31-22(21-9-12-29-17-30-21)14-24(35)32(25)16-28(33,5)6/h7-9,12-14,17H,10-11,15-16H2,1-6H3. The van der Waals surface area contributed by atoms with E-state index >= 15 is 0 Å². The Labute approximate surface area is 206 Å². The van der Waals surface area contributed by atoms with Gasteiger partial charge in [0.05, 0.1) is 30.0 Å². The van der Waals surface area contributed by atoms with Gasteiger partial charge in [0, 0.05) is 17.8 Å². The molecule has 0 N–H and O–H groups in total. The third kappa shape index (κ3) is 3.97. The lowest BCUT2D eigenvalue weighted by Gasteiger charge is -2.42. The van der Waals surface area contributed by atoms with Gasteiger partial charge in [-0.3, -0.25) is 14.2 Å². The van der Waals surface area contributed by atoms with Crippen molar-refractivity contribution in [3.63, 3.8) is 0 Å². The second kappa shape index (κ2) is 7.83. The molecule has 1 aromatic carbocycles. The van der Waals surface area contributed by atoms with Crippen LogP contribution in [0.1, 0.15) is 75.9 Å². The van der Waals surface area contributed by atoms with Crippen molar-refractivity contribution in [2.75, 3.05) is 11.4 Å². The Kier molecular flexibility index (Phi) is 5.24. The number of nitrogens with zero attached hydrogens (tertiary/aromatic N) is 5. The normalized spacial score (nSPS) is 19.2. The van der Waals surface area contributed by atoms with E-state index in [0.29, 0.717) is 29.4 Å². The number of anilines is 1. The summed E-state index contributed by atoms with van der Waals surface area (Å²) in [6, 6.07) is 9.43. The topological polar surface area (TPSA) is 81.0 Å². The Balaban J connectivity index is 1.51. The molecule has 1 aliphatic carbocycles. The second-order valence-electron chi connectivity index (χ2n) is 11.8. The number of hydrogen-bond donors (Lipinski definition) is 0. The largest absolute Gasteiger partial charge is 0.328 e. The van der Waals surface area contributed by atoms with Gasteiger partial charge in [-0.15, -0.1) is 0 Å². The highest BCUT2D eigenvalue weighted by Gasteiger charge is 2.40. The number of hydrogen-bond acceptors (Lipinski definition) is 6. The summed E-state index contributed by atoms with van der Waals surface area (Å²) in [5, 5.41) is 0. The minimum atomic E-state index is -0.436. The molecular weight excluding hydrogens is 438 g/mol. The van der Waals surface area contributed by atoms with Gasteiger partial charge < -0.3 is 4.90 Å². The first-order valence-electron chi connectivity index (χ1n) is 12.2. The molecule has 0 spiro atoms. The Hall–Kier alpha value is -3.35. The predicted octanol–water partition coefficient (Wildman–Crippen LogP) is 4.53. The average molecular weight is 472 g/mol. The molecule has 1 aliphatic heterocycles. The number of Topliss-reactive ketones (excluding diaryl/α,β-unsaturated/α-hetero) is 1. The fraction of sp³-hybridized carbons (Fsp3) is 0.464. The summed E-state index contributed by atoms with van der Waals surface area (Å²) in [5.41, 5.74) is 3.91. The first-order chi connectivity index (χ1) is 16.4. The highest BCUT2D eigenvalue weighted by Crippen LogP contribution is 2.46. The van der Waals surface area contributed by atoms with Gasteiger partial charge in [0.2, 0.25) is 5.95 Å². The van der Waals surface area contributed by atoms with Crippen molar-refractivity contribution >= 4 is 11.7 Å². The molecule has 0 amide bonds. The lowest BCUT2D eigenvalue weighted by atomic mass is 9.63. The lowest BCUT2D eigenvalue weighted by Crippen LogP contribution is -2.44. The summed E-state index contributed by atoms with van der Waals surface area (Å²) in [5.74, 6) is 0.527. The molecule has 7 nitrogen and oxygen atoms in total. The van der Waals surface area contributed by atoms with Crippen molar-refractivity contribution in [1.82, 2.24) is 19.5 Å². The quantitative estimate of drug-likeness (QED) is 0.520. The molecule has 0 atom stereocenters. The fourth-order valence-electron chi connectivity index (χ4n) is 5.45. The molecule has 3 heterocycles. The van der Waals surface area contributed by atoms with Crippen LogP contribution in [0.2, 0.25) is 0 Å². The molecule has 7 heteroatoms. The number of aromatic nitrogens is 4. The number of carbonyl (C=O) groups is 1. The lowest BCUT2D eigenvalue weighted by molar-refractivity contribution is 0.0993. The summed E-state index contributed by atoms with van der Waals surface area (Å²) in [4.78, 5) is 41.5. The molecule has 3 aromatic rings. The van der Waals surface area contributed by atoms with Crippen LogP contribution >= 0.6 is 0 Å². The van der Waals surface area contributed by atoms with Crippen LogP contribution in [-0.2, 0) is 17.4 Å². The Morgan fingerprint density at radius 1 is 0.943 bits per heavy atom. The van der Waals surface area contributed by atoms with Crippen LogP contribution in [-0.4, -0.2) is 37.4 Å². The molecule has 35 heavy (non-hydrogen) atoms. The first-order valence-corrected chi connectivity index (χ1v) is 12.2. The molecule has 2 aliphatic rings. The van der Waals surface area contributed by atoms with Crippen LogP contribution in [0.25, 0.3) is 11.4 Å². The summed E-state index contributed by atoms with van der Waals surface area (Å²) >= 11 is 0. The third-order valence-corrected chi connectivity index (χ3v) is 7.83. The molecule has 0 fully saturated rings. The zero-order valence-corrected chi connectivity index (χ0v) is 21.4. The van der Waals surface area contributed by atoms with Gasteiger partial charge in [-0.25, -0.2) is 15.0 Å². The van der Waals surface area contributed by atoms with E-state index in [1.165, 1.54) is 23.5 Å². The maximum absolute atomic E-state index is 13.6. The van der Waals surface area contributed by atoms with Crippen LogP contribution in [0.3, 0.4) is 0 Å². The monoisotopic (exact) mass is 471 g/mol. The third-order valence-electron chi connectivity index (χ3n) is 7.83. The van der Waals surface area contributed by atoms with Gasteiger partial charge in [-0.2, -0.15) is 0 Å². The highest BCUT2D eigenvalue weighted by molar-refractivity contribution is 5.99. The number of benzene rings is 1. The smallest absolute Gasteiger partial charge is 0.255 e. The van der Waals surface area contributed by atoms with Gasteiger partial charge in [0.15, 0.2) is 5.78 Å². The molecule has 182 valence electrons. The summed E-state index contributed by atoms with van der Waals surface area (Å²) in [6.07, 6.45) is 5.29. The van der Waals surface area contributed by atoms with E-state index in [1.807, 2.05) is 24.8 Å². The maximum atomic E-state index is 13.6. The minimum absolute atomic E-state index is 0.0233. The summed E-state index contributed by atoms with van der Waals surface area (Å²) < 4.78 is 1.65. The molecular formula is C28H33N5O2. The van der Waals surface area contributed by atoms with E-state index in [1.54, 1.807) is 16.8 Å². The summed E-state index contributed by atoms with van der Waals surface area (Å²) in [6.45, 7) is 13.8. The van der Waals surface area contributed by atoms with Gasteiger partial charge in [0.1, 0.15) is 6.33 Å². The number of ketones is 1. The van der Waals surface area contributed by atoms with Crippen molar-refractivity contribution < 1.29 is 4.79 Å². The molecule has 2 aromatic heterocycles. The fourth-order valence-corrected chi connectivity index (χ4v) is 5.45. The number of fused-ring (bicyclic) bond motifs is 2. The molecule has 0 unspecified atom stereocenters. The van der Waals surface area contributed by atoms with Crippen LogP contribution in [0, 0.1) is 0 Å². The van der Waals surface area contributed by atoms with Gasteiger partial charge in [0.25, 0.3) is 5.56 Å².